The molecule has 1 heterocycles. The molecular weight excluding hydrogens is 244 g/mol. The zero-order chi connectivity index (χ0) is 13.0. The SMILES string of the molecule is COc1ccc(N)c(SCc2ccccc2C)n1. The number of aromatic nitrogens is 1. The van der Waals surface area contributed by atoms with Crippen LogP contribution in [0.2, 0.25) is 0 Å². The zero-order valence-electron chi connectivity index (χ0n) is 10.5. The van der Waals surface area contributed by atoms with Gasteiger partial charge in [-0.05, 0) is 24.1 Å². The summed E-state index contributed by atoms with van der Waals surface area (Å²) in [6.45, 7) is 2.11. The number of rotatable bonds is 4. The third kappa shape index (κ3) is 2.96. The summed E-state index contributed by atoms with van der Waals surface area (Å²) in [6.07, 6.45) is 0. The van der Waals surface area contributed by atoms with E-state index in [-0.39, 0.29) is 0 Å². The maximum absolute atomic E-state index is 5.91. The summed E-state index contributed by atoms with van der Waals surface area (Å²) in [5.74, 6) is 1.45. The van der Waals surface area contributed by atoms with E-state index in [0.717, 1.165) is 10.8 Å². The molecule has 0 aliphatic heterocycles. The summed E-state index contributed by atoms with van der Waals surface area (Å²) in [4.78, 5) is 4.35. The topological polar surface area (TPSA) is 48.1 Å². The highest BCUT2D eigenvalue weighted by atomic mass is 32.2. The van der Waals surface area contributed by atoms with Crippen LogP contribution in [-0.2, 0) is 5.75 Å². The highest BCUT2D eigenvalue weighted by Crippen LogP contribution is 2.28. The predicted molar refractivity (Wildman–Crippen MR) is 75.9 cm³/mol. The molecule has 0 saturated carbocycles. The van der Waals surface area contributed by atoms with Crippen LogP contribution in [0.5, 0.6) is 5.88 Å². The molecule has 3 nitrogen and oxygen atoms in total. The first-order valence-electron chi connectivity index (χ1n) is 5.68. The lowest BCUT2D eigenvalue weighted by atomic mass is 10.1. The van der Waals surface area contributed by atoms with Crippen molar-refractivity contribution in [3.05, 3.63) is 47.5 Å². The van der Waals surface area contributed by atoms with Crippen molar-refractivity contribution in [3.63, 3.8) is 0 Å². The second-order valence-corrected chi connectivity index (χ2v) is 4.93. The van der Waals surface area contributed by atoms with Crippen LogP contribution in [0, 0.1) is 6.92 Å². The number of hydrogen-bond acceptors (Lipinski definition) is 4. The first-order valence-corrected chi connectivity index (χ1v) is 6.67. The number of benzene rings is 1. The van der Waals surface area contributed by atoms with Gasteiger partial charge in [-0.2, -0.15) is 0 Å². The monoisotopic (exact) mass is 260 g/mol. The van der Waals surface area contributed by atoms with E-state index in [2.05, 4.69) is 24.0 Å². The molecular formula is C14H16N2OS. The molecule has 0 atom stereocenters. The van der Waals surface area contributed by atoms with Gasteiger partial charge in [-0.3, -0.25) is 0 Å². The summed E-state index contributed by atoms with van der Waals surface area (Å²) < 4.78 is 5.11. The molecule has 2 N–H and O–H groups in total. The van der Waals surface area contributed by atoms with E-state index in [1.165, 1.54) is 11.1 Å². The summed E-state index contributed by atoms with van der Waals surface area (Å²) in [5.41, 5.74) is 9.18. The first-order chi connectivity index (χ1) is 8.70. The van der Waals surface area contributed by atoms with Gasteiger partial charge in [0.1, 0.15) is 5.03 Å². The van der Waals surface area contributed by atoms with Gasteiger partial charge in [-0.1, -0.05) is 36.0 Å². The molecule has 1 aromatic carbocycles. The van der Waals surface area contributed by atoms with Crippen molar-refractivity contribution in [2.24, 2.45) is 0 Å². The van der Waals surface area contributed by atoms with E-state index in [1.807, 2.05) is 18.2 Å². The molecule has 2 aromatic rings. The van der Waals surface area contributed by atoms with Gasteiger partial charge in [0, 0.05) is 11.8 Å². The summed E-state index contributed by atoms with van der Waals surface area (Å²) in [5, 5.41) is 0.817. The molecule has 18 heavy (non-hydrogen) atoms. The van der Waals surface area contributed by atoms with Gasteiger partial charge in [0.25, 0.3) is 0 Å². The van der Waals surface area contributed by atoms with Crippen LogP contribution in [-0.4, -0.2) is 12.1 Å². The number of ether oxygens (including phenoxy) is 1. The lowest BCUT2D eigenvalue weighted by Crippen LogP contribution is -1.95. The molecule has 0 fully saturated rings. The van der Waals surface area contributed by atoms with Crippen molar-refractivity contribution < 1.29 is 4.74 Å². The summed E-state index contributed by atoms with van der Waals surface area (Å²) in [6, 6.07) is 11.9. The van der Waals surface area contributed by atoms with Crippen LogP contribution in [0.25, 0.3) is 0 Å². The molecule has 94 valence electrons. The van der Waals surface area contributed by atoms with E-state index in [9.17, 15) is 0 Å². The molecule has 0 bridgehead atoms. The number of nitrogen functional groups attached to an aromatic ring is 1. The minimum absolute atomic E-state index is 0.594. The molecule has 2 rings (SSSR count). The van der Waals surface area contributed by atoms with Gasteiger partial charge in [-0.15, -0.1) is 0 Å². The highest BCUT2D eigenvalue weighted by molar-refractivity contribution is 7.98. The van der Waals surface area contributed by atoms with Gasteiger partial charge in [0.05, 0.1) is 12.8 Å². The van der Waals surface area contributed by atoms with E-state index < -0.39 is 0 Å². The summed E-state index contributed by atoms with van der Waals surface area (Å²) >= 11 is 1.63. The van der Waals surface area contributed by atoms with Crippen LogP contribution in [0.4, 0.5) is 5.69 Å². The van der Waals surface area contributed by atoms with Crippen LogP contribution >= 0.6 is 11.8 Å². The lowest BCUT2D eigenvalue weighted by Gasteiger charge is -2.08. The molecule has 4 heteroatoms. The fourth-order valence-electron chi connectivity index (χ4n) is 1.58. The van der Waals surface area contributed by atoms with E-state index in [4.69, 9.17) is 10.5 Å². The molecule has 0 radical (unpaired) electrons. The Hall–Kier alpha value is -1.68. The molecule has 0 aliphatic carbocycles. The summed E-state index contributed by atoms with van der Waals surface area (Å²) in [7, 11) is 1.61. The number of thioether (sulfide) groups is 1. The van der Waals surface area contributed by atoms with E-state index >= 15 is 0 Å². The number of aryl methyl sites for hydroxylation is 1. The number of nitrogens with zero attached hydrogens (tertiary/aromatic N) is 1. The van der Waals surface area contributed by atoms with Crippen LogP contribution in [0.1, 0.15) is 11.1 Å². The molecule has 0 aliphatic rings. The molecule has 0 saturated heterocycles. The van der Waals surface area contributed by atoms with Crippen LogP contribution in [0.3, 0.4) is 0 Å². The fraction of sp³-hybridized carbons (Fsp3) is 0.214. The molecule has 1 aromatic heterocycles. The van der Waals surface area contributed by atoms with Gasteiger partial charge in [-0.25, -0.2) is 4.98 Å². The minimum atomic E-state index is 0.594. The molecule has 0 amide bonds. The van der Waals surface area contributed by atoms with Gasteiger partial charge >= 0.3 is 0 Å². The Bertz CT molecular complexity index is 543. The number of pyridine rings is 1. The predicted octanol–water partition coefficient (Wildman–Crippen LogP) is 3.27. The Morgan fingerprint density at radius 2 is 2.00 bits per heavy atom. The van der Waals surface area contributed by atoms with Crippen LogP contribution in [0.15, 0.2) is 41.4 Å². The molecule has 0 spiro atoms. The smallest absolute Gasteiger partial charge is 0.214 e. The largest absolute Gasteiger partial charge is 0.481 e. The average Bonchev–Trinajstić information content (AvgIpc) is 2.39. The third-order valence-corrected chi connectivity index (χ3v) is 3.75. The van der Waals surface area contributed by atoms with Gasteiger partial charge in [0.15, 0.2) is 0 Å². The Balaban J connectivity index is 2.13. The first kappa shape index (κ1) is 12.8. The number of methoxy groups -OCH3 is 1. The fourth-order valence-corrected chi connectivity index (χ4v) is 2.59. The minimum Gasteiger partial charge on any atom is -0.481 e. The van der Waals surface area contributed by atoms with Crippen molar-refractivity contribution in [2.45, 2.75) is 17.7 Å². The standard InChI is InChI=1S/C14H16N2OS/c1-10-5-3-4-6-11(10)9-18-14-12(15)7-8-13(16-14)17-2/h3-8H,9,15H2,1-2H3. The number of anilines is 1. The number of nitrogens with two attached hydrogens (primary N) is 1. The Morgan fingerprint density at radius 1 is 1.22 bits per heavy atom. The third-order valence-electron chi connectivity index (χ3n) is 2.70. The normalized spacial score (nSPS) is 10.3. The van der Waals surface area contributed by atoms with Crippen molar-refractivity contribution in [2.75, 3.05) is 12.8 Å². The van der Waals surface area contributed by atoms with E-state index in [1.54, 1.807) is 24.9 Å². The van der Waals surface area contributed by atoms with Crippen molar-refractivity contribution in [1.82, 2.24) is 4.98 Å². The maximum atomic E-state index is 5.91. The lowest BCUT2D eigenvalue weighted by molar-refractivity contribution is 0.395. The maximum Gasteiger partial charge on any atom is 0.214 e. The van der Waals surface area contributed by atoms with Crippen molar-refractivity contribution in [1.29, 1.82) is 0 Å². The van der Waals surface area contributed by atoms with Crippen molar-refractivity contribution >= 4 is 17.4 Å². The second-order valence-electron chi connectivity index (χ2n) is 3.96. The van der Waals surface area contributed by atoms with Crippen LogP contribution < -0.4 is 10.5 Å². The second kappa shape index (κ2) is 5.78. The Kier molecular flexibility index (Phi) is 4.10. The van der Waals surface area contributed by atoms with Gasteiger partial charge < -0.3 is 10.5 Å². The highest BCUT2D eigenvalue weighted by Gasteiger charge is 2.05. The van der Waals surface area contributed by atoms with E-state index in [0.29, 0.717) is 11.6 Å². The number of hydrogen-bond donors (Lipinski definition) is 1. The van der Waals surface area contributed by atoms with Crippen molar-refractivity contribution in [3.8, 4) is 5.88 Å². The quantitative estimate of drug-likeness (QED) is 0.857. The molecule has 0 unspecified atom stereocenters. The zero-order valence-corrected chi connectivity index (χ0v) is 11.3. The Morgan fingerprint density at radius 3 is 2.72 bits per heavy atom. The average molecular weight is 260 g/mol. The Labute approximate surface area is 111 Å². The van der Waals surface area contributed by atoms with Gasteiger partial charge in [0.2, 0.25) is 5.88 Å².